The van der Waals surface area contributed by atoms with Crippen LogP contribution < -0.4 is 10.6 Å². The standard InChI is InChI=1S/C14H21N3O3S/c1-10-2-4-14(5-3-10,12(18)19)8-17-13(20)16-7-11-6-15-9-21-11/h6,9-10H,2-5,7-8H2,1H3,(H,18,19)(H2,16,17,20). The van der Waals surface area contributed by atoms with Crippen molar-refractivity contribution in [2.75, 3.05) is 6.54 Å². The van der Waals surface area contributed by atoms with E-state index in [0.29, 0.717) is 25.3 Å². The Kier molecular flexibility index (Phi) is 5.17. The Morgan fingerprint density at radius 2 is 2.14 bits per heavy atom. The molecular formula is C14H21N3O3S. The fourth-order valence-electron chi connectivity index (χ4n) is 2.59. The van der Waals surface area contributed by atoms with Crippen LogP contribution in [0.3, 0.4) is 0 Å². The molecular weight excluding hydrogens is 290 g/mol. The molecule has 0 bridgehead atoms. The molecule has 0 aromatic carbocycles. The van der Waals surface area contributed by atoms with Crippen LogP contribution in [0.25, 0.3) is 0 Å². The van der Waals surface area contributed by atoms with E-state index in [1.165, 1.54) is 11.3 Å². The van der Waals surface area contributed by atoms with E-state index in [4.69, 9.17) is 0 Å². The summed E-state index contributed by atoms with van der Waals surface area (Å²) in [6.07, 6.45) is 4.75. The Hall–Kier alpha value is -1.63. The number of carbonyl (C=O) groups is 2. The Morgan fingerprint density at radius 1 is 1.43 bits per heavy atom. The average molecular weight is 311 g/mol. The van der Waals surface area contributed by atoms with Crippen LogP contribution in [0.1, 0.15) is 37.5 Å². The Bertz CT molecular complexity index is 482. The van der Waals surface area contributed by atoms with Crippen LogP contribution >= 0.6 is 11.3 Å². The predicted molar refractivity (Wildman–Crippen MR) is 80.1 cm³/mol. The van der Waals surface area contributed by atoms with Gasteiger partial charge in [0.2, 0.25) is 0 Å². The van der Waals surface area contributed by atoms with Crippen molar-refractivity contribution < 1.29 is 14.7 Å². The predicted octanol–water partition coefficient (Wildman–Crippen LogP) is 2.22. The maximum Gasteiger partial charge on any atom is 0.315 e. The van der Waals surface area contributed by atoms with Crippen molar-refractivity contribution in [3.8, 4) is 0 Å². The molecule has 2 amide bonds. The second-order valence-corrected chi connectivity index (χ2v) is 6.74. The van der Waals surface area contributed by atoms with E-state index in [1.807, 2.05) is 0 Å². The lowest BCUT2D eigenvalue weighted by molar-refractivity contribution is -0.151. The van der Waals surface area contributed by atoms with Gasteiger partial charge in [0, 0.05) is 17.6 Å². The summed E-state index contributed by atoms with van der Waals surface area (Å²) in [7, 11) is 0. The third-order valence-electron chi connectivity index (χ3n) is 4.18. The molecule has 21 heavy (non-hydrogen) atoms. The normalized spacial score (nSPS) is 25.3. The minimum absolute atomic E-state index is 0.184. The highest BCUT2D eigenvalue weighted by molar-refractivity contribution is 7.09. The molecule has 0 saturated heterocycles. The SMILES string of the molecule is CC1CCC(CNC(=O)NCc2cncs2)(C(=O)O)CC1. The number of carboxylic acid groups (broad SMARTS) is 1. The molecule has 0 unspecified atom stereocenters. The smallest absolute Gasteiger partial charge is 0.315 e. The zero-order valence-electron chi connectivity index (χ0n) is 12.1. The van der Waals surface area contributed by atoms with Crippen LogP contribution in [0.5, 0.6) is 0 Å². The minimum Gasteiger partial charge on any atom is -0.481 e. The van der Waals surface area contributed by atoms with E-state index >= 15 is 0 Å². The van der Waals surface area contributed by atoms with Gasteiger partial charge in [0.05, 0.1) is 17.5 Å². The topological polar surface area (TPSA) is 91.3 Å². The van der Waals surface area contributed by atoms with E-state index in [9.17, 15) is 14.7 Å². The number of thiazole rings is 1. The first-order valence-electron chi connectivity index (χ1n) is 7.14. The van der Waals surface area contributed by atoms with Crippen molar-refractivity contribution in [3.63, 3.8) is 0 Å². The molecule has 116 valence electrons. The fraction of sp³-hybridized carbons (Fsp3) is 0.643. The van der Waals surface area contributed by atoms with Crippen LogP contribution in [0.4, 0.5) is 4.79 Å². The maximum absolute atomic E-state index is 11.8. The Labute approximate surface area is 128 Å². The van der Waals surface area contributed by atoms with Crippen molar-refractivity contribution >= 4 is 23.3 Å². The lowest BCUT2D eigenvalue weighted by atomic mass is 9.71. The number of nitrogens with zero attached hydrogens (tertiary/aromatic N) is 1. The molecule has 1 fully saturated rings. The zero-order valence-corrected chi connectivity index (χ0v) is 12.9. The Morgan fingerprint density at radius 3 is 2.71 bits per heavy atom. The van der Waals surface area contributed by atoms with Gasteiger partial charge in [-0.3, -0.25) is 9.78 Å². The summed E-state index contributed by atoms with van der Waals surface area (Å²) in [6, 6.07) is -0.331. The molecule has 1 heterocycles. The van der Waals surface area contributed by atoms with Gasteiger partial charge in [0.25, 0.3) is 0 Å². The first-order chi connectivity index (χ1) is 10.0. The monoisotopic (exact) mass is 311 g/mol. The molecule has 1 aliphatic rings. The first kappa shape index (κ1) is 15.8. The molecule has 1 aromatic heterocycles. The second kappa shape index (κ2) is 6.89. The van der Waals surface area contributed by atoms with Crippen molar-refractivity contribution in [2.24, 2.45) is 11.3 Å². The van der Waals surface area contributed by atoms with Crippen LogP contribution in [0.2, 0.25) is 0 Å². The number of rotatable bonds is 5. The number of carboxylic acids is 1. The third kappa shape index (κ3) is 4.17. The summed E-state index contributed by atoms with van der Waals surface area (Å²) in [5.74, 6) is -0.241. The van der Waals surface area contributed by atoms with Gasteiger partial charge in [0.15, 0.2) is 0 Å². The molecule has 0 radical (unpaired) electrons. The van der Waals surface area contributed by atoms with E-state index in [2.05, 4.69) is 22.5 Å². The first-order valence-corrected chi connectivity index (χ1v) is 8.02. The molecule has 7 heteroatoms. The highest BCUT2D eigenvalue weighted by Gasteiger charge is 2.41. The van der Waals surface area contributed by atoms with Gasteiger partial charge in [-0.15, -0.1) is 11.3 Å². The molecule has 1 saturated carbocycles. The zero-order chi connectivity index (χ0) is 15.3. The summed E-state index contributed by atoms with van der Waals surface area (Å²) >= 11 is 1.47. The number of amides is 2. The number of carbonyl (C=O) groups excluding carboxylic acids is 1. The number of hydrogen-bond acceptors (Lipinski definition) is 4. The van der Waals surface area contributed by atoms with Crippen LogP contribution in [-0.2, 0) is 11.3 Å². The molecule has 1 aliphatic carbocycles. The van der Waals surface area contributed by atoms with Crippen molar-refractivity contribution in [2.45, 2.75) is 39.2 Å². The average Bonchev–Trinajstić information content (AvgIpc) is 2.98. The van der Waals surface area contributed by atoms with Gasteiger partial charge in [-0.1, -0.05) is 6.92 Å². The molecule has 2 rings (SSSR count). The quantitative estimate of drug-likeness (QED) is 0.777. The molecule has 3 N–H and O–H groups in total. The molecule has 1 aromatic rings. The number of hydrogen-bond donors (Lipinski definition) is 3. The molecule has 6 nitrogen and oxygen atoms in total. The summed E-state index contributed by atoms with van der Waals surface area (Å²) in [6.45, 7) is 2.73. The third-order valence-corrected chi connectivity index (χ3v) is 4.96. The van der Waals surface area contributed by atoms with Crippen LogP contribution in [0.15, 0.2) is 11.7 Å². The van der Waals surface area contributed by atoms with Gasteiger partial charge < -0.3 is 15.7 Å². The fourth-order valence-corrected chi connectivity index (χ4v) is 3.12. The second-order valence-electron chi connectivity index (χ2n) is 5.77. The molecule has 0 spiro atoms. The van der Waals surface area contributed by atoms with E-state index in [0.717, 1.165) is 17.7 Å². The van der Waals surface area contributed by atoms with Crippen molar-refractivity contribution in [1.29, 1.82) is 0 Å². The number of nitrogens with one attached hydrogen (secondary N) is 2. The molecule has 0 atom stereocenters. The van der Waals surface area contributed by atoms with Gasteiger partial charge in [-0.25, -0.2) is 4.79 Å². The summed E-state index contributed by atoms with van der Waals surface area (Å²) in [4.78, 5) is 28.2. The largest absolute Gasteiger partial charge is 0.481 e. The lowest BCUT2D eigenvalue weighted by Gasteiger charge is -2.35. The number of urea groups is 1. The number of aromatic nitrogens is 1. The van der Waals surface area contributed by atoms with Crippen LogP contribution in [-0.4, -0.2) is 28.6 Å². The van der Waals surface area contributed by atoms with E-state index in [-0.39, 0.29) is 12.6 Å². The van der Waals surface area contributed by atoms with Gasteiger partial charge in [-0.2, -0.15) is 0 Å². The summed E-state index contributed by atoms with van der Waals surface area (Å²) in [5.41, 5.74) is 0.895. The van der Waals surface area contributed by atoms with Crippen molar-refractivity contribution in [3.05, 3.63) is 16.6 Å². The lowest BCUT2D eigenvalue weighted by Crippen LogP contribution is -2.47. The maximum atomic E-state index is 11.8. The summed E-state index contributed by atoms with van der Waals surface area (Å²) < 4.78 is 0. The highest BCUT2D eigenvalue weighted by atomic mass is 32.1. The number of aliphatic carboxylic acids is 1. The summed E-state index contributed by atoms with van der Waals surface area (Å²) in [5, 5.41) is 14.9. The van der Waals surface area contributed by atoms with E-state index in [1.54, 1.807) is 11.7 Å². The van der Waals surface area contributed by atoms with Crippen LogP contribution in [0, 0.1) is 11.3 Å². The van der Waals surface area contributed by atoms with Gasteiger partial charge >= 0.3 is 12.0 Å². The highest BCUT2D eigenvalue weighted by Crippen LogP contribution is 2.38. The molecule has 0 aliphatic heterocycles. The minimum atomic E-state index is -0.811. The van der Waals surface area contributed by atoms with Gasteiger partial charge in [0.1, 0.15) is 0 Å². The van der Waals surface area contributed by atoms with E-state index < -0.39 is 11.4 Å². The van der Waals surface area contributed by atoms with Gasteiger partial charge in [-0.05, 0) is 31.6 Å². The van der Waals surface area contributed by atoms with Crippen molar-refractivity contribution in [1.82, 2.24) is 15.6 Å². The Balaban J connectivity index is 1.81.